The highest BCUT2D eigenvalue weighted by Crippen LogP contribution is 2.21. The van der Waals surface area contributed by atoms with Crippen LogP contribution in [0.2, 0.25) is 0 Å². The van der Waals surface area contributed by atoms with Crippen molar-refractivity contribution in [2.75, 3.05) is 52.4 Å². The van der Waals surface area contributed by atoms with Crippen molar-refractivity contribution in [3.05, 3.63) is 0 Å². The maximum Gasteiger partial charge on any atom is 0.236 e. The van der Waals surface area contributed by atoms with Gasteiger partial charge in [0, 0.05) is 39.3 Å². The monoisotopic (exact) mass is 323 g/mol. The summed E-state index contributed by atoms with van der Waals surface area (Å²) in [6, 6.07) is 0. The van der Waals surface area contributed by atoms with Crippen molar-refractivity contribution in [3.63, 3.8) is 0 Å². The van der Waals surface area contributed by atoms with Gasteiger partial charge in [0.15, 0.2) is 0 Å². The number of rotatable bonds is 7. The molecular formula is C19H37N3O. The second-order valence-electron chi connectivity index (χ2n) is 7.92. The molecule has 23 heavy (non-hydrogen) atoms. The fourth-order valence-corrected chi connectivity index (χ4v) is 4.09. The van der Waals surface area contributed by atoms with Gasteiger partial charge in [0.2, 0.25) is 5.91 Å². The minimum atomic E-state index is 0.347. The molecule has 4 nitrogen and oxygen atoms in total. The molecule has 2 fully saturated rings. The first kappa shape index (κ1) is 18.7. The van der Waals surface area contributed by atoms with Crippen molar-refractivity contribution >= 4 is 5.91 Å². The summed E-state index contributed by atoms with van der Waals surface area (Å²) in [6.45, 7) is 15.0. The molecule has 2 heterocycles. The molecule has 2 saturated heterocycles. The van der Waals surface area contributed by atoms with Crippen LogP contribution in [0, 0.1) is 11.8 Å². The van der Waals surface area contributed by atoms with Crippen LogP contribution in [0.25, 0.3) is 0 Å². The molecule has 2 rings (SSSR count). The Morgan fingerprint density at radius 2 is 1.52 bits per heavy atom. The predicted molar refractivity (Wildman–Crippen MR) is 96.5 cm³/mol. The molecule has 0 saturated carbocycles. The maximum absolute atomic E-state index is 12.6. The number of carbonyl (C=O) groups excluding carboxylic acids is 1. The molecule has 0 aromatic carbocycles. The van der Waals surface area contributed by atoms with Crippen molar-refractivity contribution in [2.24, 2.45) is 11.8 Å². The van der Waals surface area contributed by atoms with Gasteiger partial charge in [0.25, 0.3) is 0 Å². The zero-order valence-corrected chi connectivity index (χ0v) is 15.6. The first-order valence-corrected chi connectivity index (χ1v) is 9.81. The van der Waals surface area contributed by atoms with Gasteiger partial charge in [-0.3, -0.25) is 9.69 Å². The van der Waals surface area contributed by atoms with E-state index in [0.717, 1.165) is 39.3 Å². The third-order valence-corrected chi connectivity index (χ3v) is 5.37. The molecule has 2 atom stereocenters. The molecule has 4 heteroatoms. The lowest BCUT2D eigenvalue weighted by molar-refractivity contribution is -0.135. The van der Waals surface area contributed by atoms with Crippen molar-refractivity contribution in [2.45, 2.75) is 52.9 Å². The van der Waals surface area contributed by atoms with Gasteiger partial charge in [-0.1, -0.05) is 40.0 Å². The van der Waals surface area contributed by atoms with Crippen molar-refractivity contribution in [1.29, 1.82) is 0 Å². The van der Waals surface area contributed by atoms with E-state index in [4.69, 9.17) is 0 Å². The summed E-state index contributed by atoms with van der Waals surface area (Å²) in [4.78, 5) is 19.6. The summed E-state index contributed by atoms with van der Waals surface area (Å²) >= 11 is 0. The number of amides is 1. The molecule has 134 valence electrons. The summed E-state index contributed by atoms with van der Waals surface area (Å²) in [5, 5.41) is 0. The number of hydrogen-bond acceptors (Lipinski definition) is 3. The van der Waals surface area contributed by atoms with Crippen molar-refractivity contribution < 1.29 is 4.79 Å². The number of nitrogens with zero attached hydrogens (tertiary/aromatic N) is 3. The summed E-state index contributed by atoms with van der Waals surface area (Å²) < 4.78 is 0. The van der Waals surface area contributed by atoms with Gasteiger partial charge in [-0.25, -0.2) is 0 Å². The first-order valence-electron chi connectivity index (χ1n) is 9.81. The Morgan fingerprint density at radius 3 is 2.13 bits per heavy atom. The third kappa shape index (κ3) is 6.42. The molecule has 2 unspecified atom stereocenters. The van der Waals surface area contributed by atoms with Crippen LogP contribution in [-0.2, 0) is 4.79 Å². The van der Waals surface area contributed by atoms with E-state index in [1.54, 1.807) is 0 Å². The van der Waals surface area contributed by atoms with Crippen LogP contribution < -0.4 is 0 Å². The van der Waals surface area contributed by atoms with E-state index in [9.17, 15) is 4.79 Å². The highest BCUT2D eigenvalue weighted by atomic mass is 16.2. The minimum Gasteiger partial charge on any atom is -0.341 e. The fraction of sp³-hybridized carbons (Fsp3) is 0.947. The van der Waals surface area contributed by atoms with Gasteiger partial charge in [0.1, 0.15) is 0 Å². The number of piperazine rings is 1. The molecule has 1 amide bonds. The lowest BCUT2D eigenvalue weighted by atomic mass is 9.92. The highest BCUT2D eigenvalue weighted by Gasteiger charge is 2.27. The van der Waals surface area contributed by atoms with E-state index in [-0.39, 0.29) is 0 Å². The molecule has 2 aliphatic heterocycles. The second-order valence-corrected chi connectivity index (χ2v) is 7.92. The SMILES string of the molecule is CCCCCCN1CCN(CC(=O)N2CC(C)CC(C)C2)CC1. The van der Waals surface area contributed by atoms with E-state index in [2.05, 4.69) is 35.5 Å². The molecule has 0 aliphatic carbocycles. The van der Waals surface area contributed by atoms with Gasteiger partial charge >= 0.3 is 0 Å². The van der Waals surface area contributed by atoms with E-state index >= 15 is 0 Å². The molecule has 0 N–H and O–H groups in total. The number of piperidine rings is 1. The normalized spacial score (nSPS) is 27.3. The number of likely N-dealkylation sites (tertiary alicyclic amines) is 1. The van der Waals surface area contributed by atoms with Crippen LogP contribution in [0.1, 0.15) is 52.9 Å². The summed E-state index contributed by atoms with van der Waals surface area (Å²) in [6.07, 6.45) is 6.63. The Bertz CT molecular complexity index is 343. The van der Waals surface area contributed by atoms with Crippen LogP contribution in [0.15, 0.2) is 0 Å². The Morgan fingerprint density at radius 1 is 0.913 bits per heavy atom. The van der Waals surface area contributed by atoms with Crippen LogP contribution in [0.3, 0.4) is 0 Å². The Kier molecular flexibility index (Phi) is 7.84. The standard InChI is InChI=1S/C19H37N3O/c1-4-5-6-7-8-20-9-11-21(12-10-20)16-19(23)22-14-17(2)13-18(3)15-22/h17-18H,4-16H2,1-3H3. The number of hydrogen-bond donors (Lipinski definition) is 0. The highest BCUT2D eigenvalue weighted by molar-refractivity contribution is 5.78. The summed E-state index contributed by atoms with van der Waals surface area (Å²) in [7, 11) is 0. The predicted octanol–water partition coefficient (Wildman–Crippen LogP) is 2.69. The van der Waals surface area contributed by atoms with Crippen LogP contribution in [-0.4, -0.2) is 73.0 Å². The number of unbranched alkanes of at least 4 members (excludes halogenated alkanes) is 3. The first-order chi connectivity index (χ1) is 11.1. The van der Waals surface area contributed by atoms with Crippen LogP contribution in [0.4, 0.5) is 0 Å². The Labute approximate surface area is 143 Å². The fourth-order valence-electron chi connectivity index (χ4n) is 4.09. The smallest absolute Gasteiger partial charge is 0.236 e. The average molecular weight is 324 g/mol. The van der Waals surface area contributed by atoms with Crippen LogP contribution >= 0.6 is 0 Å². The lowest BCUT2D eigenvalue weighted by Gasteiger charge is -2.38. The average Bonchev–Trinajstić information content (AvgIpc) is 2.52. The van der Waals surface area contributed by atoms with Crippen LogP contribution in [0.5, 0.6) is 0 Å². The van der Waals surface area contributed by atoms with E-state index in [1.165, 1.54) is 38.6 Å². The summed E-state index contributed by atoms with van der Waals surface area (Å²) in [5.41, 5.74) is 0. The van der Waals surface area contributed by atoms with Crippen molar-refractivity contribution in [1.82, 2.24) is 14.7 Å². The second kappa shape index (κ2) is 9.63. The van der Waals surface area contributed by atoms with Gasteiger partial charge in [-0.05, 0) is 31.2 Å². The van der Waals surface area contributed by atoms with Gasteiger partial charge in [-0.2, -0.15) is 0 Å². The zero-order chi connectivity index (χ0) is 16.7. The van der Waals surface area contributed by atoms with Crippen molar-refractivity contribution in [3.8, 4) is 0 Å². The Balaban J connectivity index is 1.64. The summed E-state index contributed by atoms with van der Waals surface area (Å²) in [5.74, 6) is 1.66. The molecule has 0 aromatic heterocycles. The molecule has 0 spiro atoms. The zero-order valence-electron chi connectivity index (χ0n) is 15.6. The third-order valence-electron chi connectivity index (χ3n) is 5.37. The van der Waals surface area contributed by atoms with Gasteiger partial charge in [-0.15, -0.1) is 0 Å². The topological polar surface area (TPSA) is 26.8 Å². The van der Waals surface area contributed by atoms with E-state index in [0.29, 0.717) is 24.3 Å². The molecule has 0 bridgehead atoms. The molecule has 2 aliphatic rings. The van der Waals surface area contributed by atoms with E-state index in [1.807, 2.05) is 0 Å². The van der Waals surface area contributed by atoms with E-state index < -0.39 is 0 Å². The Hall–Kier alpha value is -0.610. The van der Waals surface area contributed by atoms with Gasteiger partial charge < -0.3 is 9.80 Å². The number of carbonyl (C=O) groups is 1. The quantitative estimate of drug-likeness (QED) is 0.674. The minimum absolute atomic E-state index is 0.347. The maximum atomic E-state index is 12.6. The van der Waals surface area contributed by atoms with Gasteiger partial charge in [0.05, 0.1) is 6.54 Å². The molecule has 0 aromatic rings. The molecule has 0 radical (unpaired) electrons. The largest absolute Gasteiger partial charge is 0.341 e. The lowest BCUT2D eigenvalue weighted by Crippen LogP contribution is -2.52. The molecular weight excluding hydrogens is 286 g/mol.